The van der Waals surface area contributed by atoms with E-state index in [0.29, 0.717) is 32.1 Å². The average Bonchev–Trinajstić information content (AvgIpc) is 2.93. The standard InChI is InChI=1S/C73H124O17P2/c1-5-9-13-17-21-25-29-31-33-35-39-42-46-50-54-58-71(76)84-64-69(90-73(78)60-56-52-48-44-40-36-34-32-30-26-22-18-14-10-6-2)66-88-92(81,82)86-62-67(74)61-85-91(79,80)87-65-68(89-72(77)59-55-51-47-43-38-28-24-20-16-12-8-4)63-83-70(75)57-53-49-45-41-37-27-23-19-15-11-7-3/h9-10,13-14,19,21-23,25-26,31-34,39-40,42,44,67-69,74H,5-8,11-12,15-18,20,24,27-30,35-38,41,43,45-66H2,1-4H3,(H,79,80)(H,81,82)/b13-9-,14-10-,23-19-,25-21-,26-22-,33-31-,34-32-,42-39-,44-40-. The van der Waals surface area contributed by atoms with Crippen molar-refractivity contribution in [3.63, 3.8) is 0 Å². The predicted octanol–water partition coefficient (Wildman–Crippen LogP) is 19.4. The SMILES string of the molecule is CC/C=C\C/C=C\C/C=C\C/C=C\CCCCC(=O)OCC(COP(=O)(O)OCC(O)COP(=O)(O)OCC(COC(=O)CCCCCCC/C=C\CCCC)OC(=O)CCCCCCCCCCCCC)OC(=O)CCCC/C=C\C/C=C\C/C=C\C/C=C\CC. The summed E-state index contributed by atoms with van der Waals surface area (Å²) in [4.78, 5) is 72.5. The van der Waals surface area contributed by atoms with E-state index < -0.39 is 97.5 Å². The van der Waals surface area contributed by atoms with Crippen molar-refractivity contribution in [3.05, 3.63) is 109 Å². The molecule has 0 aliphatic carbocycles. The monoisotopic (exact) mass is 1330 g/mol. The van der Waals surface area contributed by atoms with E-state index in [1.807, 2.05) is 0 Å². The maximum Gasteiger partial charge on any atom is 0.472 e. The zero-order chi connectivity index (χ0) is 67.5. The lowest BCUT2D eigenvalue weighted by atomic mass is 10.1. The minimum atomic E-state index is -4.99. The molecule has 0 fully saturated rings. The summed E-state index contributed by atoms with van der Waals surface area (Å²) >= 11 is 0. The molecule has 0 bridgehead atoms. The summed E-state index contributed by atoms with van der Waals surface area (Å²) in [5.74, 6) is -2.28. The number of phosphoric ester groups is 2. The van der Waals surface area contributed by atoms with Crippen LogP contribution in [0.1, 0.15) is 272 Å². The second-order valence-corrected chi connectivity index (χ2v) is 26.0. The molecule has 92 heavy (non-hydrogen) atoms. The average molecular weight is 1340 g/mol. The lowest BCUT2D eigenvalue weighted by Gasteiger charge is -2.21. The Balaban J connectivity index is 5.40. The highest BCUT2D eigenvalue weighted by atomic mass is 31.2. The topological polar surface area (TPSA) is 237 Å². The van der Waals surface area contributed by atoms with Gasteiger partial charge in [0.05, 0.1) is 26.4 Å². The summed E-state index contributed by atoms with van der Waals surface area (Å²) in [6.45, 7) is 4.47. The number of carbonyl (C=O) groups is 4. The molecule has 0 heterocycles. The van der Waals surface area contributed by atoms with Gasteiger partial charge in [0.25, 0.3) is 0 Å². The first-order valence-corrected chi connectivity index (χ1v) is 38.1. The van der Waals surface area contributed by atoms with Crippen LogP contribution in [-0.2, 0) is 65.4 Å². The van der Waals surface area contributed by atoms with Crippen molar-refractivity contribution in [1.82, 2.24) is 0 Å². The van der Waals surface area contributed by atoms with Crippen LogP contribution >= 0.6 is 15.6 Å². The predicted molar refractivity (Wildman–Crippen MR) is 372 cm³/mol. The zero-order valence-corrected chi connectivity index (χ0v) is 59.0. The molecule has 19 heteroatoms. The largest absolute Gasteiger partial charge is 0.472 e. The Morgan fingerprint density at radius 2 is 0.576 bits per heavy atom. The van der Waals surface area contributed by atoms with E-state index in [1.165, 1.54) is 51.4 Å². The van der Waals surface area contributed by atoms with Gasteiger partial charge >= 0.3 is 39.5 Å². The lowest BCUT2D eigenvalue weighted by molar-refractivity contribution is -0.161. The van der Waals surface area contributed by atoms with Crippen molar-refractivity contribution in [2.75, 3.05) is 39.6 Å². The Labute approximate surface area is 556 Å². The first kappa shape index (κ1) is 87.7. The number of esters is 4. The molecule has 0 rings (SSSR count). The van der Waals surface area contributed by atoms with Gasteiger partial charge < -0.3 is 33.8 Å². The van der Waals surface area contributed by atoms with Gasteiger partial charge in [-0.25, -0.2) is 9.13 Å². The molecule has 0 saturated heterocycles. The highest BCUT2D eigenvalue weighted by Gasteiger charge is 2.30. The Hall–Kier alpha value is -4.28. The van der Waals surface area contributed by atoms with E-state index in [9.17, 15) is 43.2 Å². The van der Waals surface area contributed by atoms with Gasteiger partial charge in [-0.1, -0.05) is 233 Å². The van der Waals surface area contributed by atoms with Crippen LogP contribution in [-0.4, -0.2) is 96.7 Å². The minimum absolute atomic E-state index is 0.0318. The van der Waals surface area contributed by atoms with E-state index in [1.54, 1.807) is 0 Å². The van der Waals surface area contributed by atoms with Crippen molar-refractivity contribution in [1.29, 1.82) is 0 Å². The van der Waals surface area contributed by atoms with Crippen LogP contribution in [0.15, 0.2) is 109 Å². The normalized spacial score (nSPS) is 14.7. The maximum absolute atomic E-state index is 13.0. The highest BCUT2D eigenvalue weighted by Crippen LogP contribution is 2.45. The third kappa shape index (κ3) is 64.4. The molecular formula is C73H124O17P2. The van der Waals surface area contributed by atoms with Crippen molar-refractivity contribution < 1.29 is 80.2 Å². The van der Waals surface area contributed by atoms with E-state index in [2.05, 4.69) is 137 Å². The quantitative estimate of drug-likeness (QED) is 0.0169. The summed E-state index contributed by atoms with van der Waals surface area (Å²) in [6, 6.07) is 0. The summed E-state index contributed by atoms with van der Waals surface area (Å²) in [5.41, 5.74) is 0. The summed E-state index contributed by atoms with van der Waals surface area (Å²) in [5, 5.41) is 10.6. The molecular weight excluding hydrogens is 1210 g/mol. The molecule has 0 amide bonds. The van der Waals surface area contributed by atoms with Crippen molar-refractivity contribution in [2.45, 2.75) is 290 Å². The number of unbranched alkanes of at least 4 members (excludes halogenated alkanes) is 21. The molecule has 3 N–H and O–H groups in total. The minimum Gasteiger partial charge on any atom is -0.462 e. The Bertz CT molecular complexity index is 2180. The Morgan fingerprint density at radius 3 is 0.935 bits per heavy atom. The second-order valence-electron chi connectivity index (χ2n) is 23.1. The number of hydrogen-bond acceptors (Lipinski definition) is 15. The third-order valence-electron chi connectivity index (χ3n) is 14.2. The van der Waals surface area contributed by atoms with Crippen molar-refractivity contribution in [2.24, 2.45) is 0 Å². The fourth-order valence-corrected chi connectivity index (χ4v) is 10.5. The Kier molecular flexibility index (Phi) is 62.3. The van der Waals surface area contributed by atoms with Crippen LogP contribution in [0.25, 0.3) is 0 Å². The maximum atomic E-state index is 13.0. The molecule has 17 nitrogen and oxygen atoms in total. The smallest absolute Gasteiger partial charge is 0.462 e. The zero-order valence-electron chi connectivity index (χ0n) is 57.2. The fourth-order valence-electron chi connectivity index (χ4n) is 8.89. The number of phosphoric acid groups is 2. The molecule has 0 aromatic carbocycles. The molecule has 528 valence electrons. The van der Waals surface area contributed by atoms with Gasteiger partial charge in [0.2, 0.25) is 0 Å². The molecule has 0 aliphatic rings. The van der Waals surface area contributed by atoms with Gasteiger partial charge in [-0.3, -0.25) is 37.3 Å². The van der Waals surface area contributed by atoms with Crippen LogP contribution in [0.2, 0.25) is 0 Å². The molecule has 0 radical (unpaired) electrons. The van der Waals surface area contributed by atoms with E-state index in [-0.39, 0.29) is 25.7 Å². The summed E-state index contributed by atoms with van der Waals surface area (Å²) in [7, 11) is -9.96. The summed E-state index contributed by atoms with van der Waals surface area (Å²) in [6.07, 6.45) is 66.9. The van der Waals surface area contributed by atoms with E-state index in [0.717, 1.165) is 135 Å². The molecule has 0 aromatic rings. The first-order chi connectivity index (χ1) is 44.7. The van der Waals surface area contributed by atoms with Gasteiger partial charge in [0.1, 0.15) is 19.3 Å². The number of rotatable bonds is 65. The summed E-state index contributed by atoms with van der Waals surface area (Å²) < 4.78 is 68.1. The van der Waals surface area contributed by atoms with Crippen LogP contribution in [0.3, 0.4) is 0 Å². The van der Waals surface area contributed by atoms with Gasteiger partial charge in [-0.15, -0.1) is 0 Å². The van der Waals surface area contributed by atoms with E-state index in [4.69, 9.17) is 37.0 Å². The first-order valence-electron chi connectivity index (χ1n) is 35.1. The highest BCUT2D eigenvalue weighted by molar-refractivity contribution is 7.47. The second kappa shape index (κ2) is 65.4. The van der Waals surface area contributed by atoms with Crippen molar-refractivity contribution in [3.8, 4) is 0 Å². The van der Waals surface area contributed by atoms with Gasteiger partial charge in [-0.2, -0.15) is 0 Å². The van der Waals surface area contributed by atoms with Crippen LogP contribution in [0.4, 0.5) is 0 Å². The number of hydrogen-bond donors (Lipinski definition) is 3. The van der Waals surface area contributed by atoms with Gasteiger partial charge in [0.15, 0.2) is 12.2 Å². The number of allylic oxidation sites excluding steroid dienone is 18. The van der Waals surface area contributed by atoms with E-state index >= 15 is 0 Å². The van der Waals surface area contributed by atoms with Gasteiger partial charge in [0, 0.05) is 25.7 Å². The molecule has 0 spiro atoms. The van der Waals surface area contributed by atoms with Crippen LogP contribution in [0.5, 0.6) is 0 Å². The molecule has 0 aromatic heterocycles. The molecule has 0 saturated carbocycles. The van der Waals surface area contributed by atoms with Crippen molar-refractivity contribution >= 4 is 39.5 Å². The molecule has 5 atom stereocenters. The van der Waals surface area contributed by atoms with Gasteiger partial charge in [-0.05, 0) is 122 Å². The van der Waals surface area contributed by atoms with Crippen LogP contribution < -0.4 is 0 Å². The number of aliphatic hydroxyl groups is 1. The molecule has 0 aliphatic heterocycles. The van der Waals surface area contributed by atoms with Crippen LogP contribution in [0, 0.1) is 0 Å². The Morgan fingerprint density at radius 1 is 0.315 bits per heavy atom. The number of aliphatic hydroxyl groups excluding tert-OH is 1. The molecule has 5 unspecified atom stereocenters. The fraction of sp³-hybridized carbons (Fsp3) is 0.699. The lowest BCUT2D eigenvalue weighted by Crippen LogP contribution is -2.30. The number of carbonyl (C=O) groups excluding carboxylic acids is 4. The third-order valence-corrected chi connectivity index (χ3v) is 16.1. The number of ether oxygens (including phenoxy) is 4.